The van der Waals surface area contributed by atoms with Crippen molar-refractivity contribution < 1.29 is 46.1 Å². The molecule has 1 atom stereocenters. The van der Waals surface area contributed by atoms with Gasteiger partial charge in [-0.1, -0.05) is 24.6 Å². The van der Waals surface area contributed by atoms with E-state index in [1.54, 1.807) is 31.2 Å². The number of carboxylic acid groups (broad SMARTS) is 1. The zero-order valence-electron chi connectivity index (χ0n) is 21.6. The maximum absolute atomic E-state index is 13.9. The number of aliphatic carboxylic acids is 1. The number of urea groups is 1. The van der Waals surface area contributed by atoms with E-state index < -0.39 is 42.3 Å². The Hall–Kier alpha value is -3.41. The second kappa shape index (κ2) is 15.9. The molecule has 216 valence electrons. The van der Waals surface area contributed by atoms with Crippen LogP contribution in [0.5, 0.6) is 5.75 Å². The number of halogens is 5. The molecule has 0 saturated carbocycles. The second-order valence-electron chi connectivity index (χ2n) is 8.79. The highest BCUT2D eigenvalue weighted by Gasteiger charge is 2.26. The first-order valence-electron chi connectivity index (χ1n) is 12.6. The molecule has 0 aliphatic rings. The number of carbonyl (C=O) groups is 2. The Bertz CT molecular complexity index is 1050. The van der Waals surface area contributed by atoms with E-state index >= 15 is 0 Å². The van der Waals surface area contributed by atoms with Crippen LogP contribution in [0.15, 0.2) is 42.5 Å². The Morgan fingerprint density at radius 1 is 1.03 bits per heavy atom. The van der Waals surface area contributed by atoms with E-state index in [4.69, 9.17) is 9.47 Å². The summed E-state index contributed by atoms with van der Waals surface area (Å²) in [5, 5.41) is 11.8. The van der Waals surface area contributed by atoms with Gasteiger partial charge in [0.15, 0.2) is 6.10 Å². The van der Waals surface area contributed by atoms with Crippen LogP contribution in [0.2, 0.25) is 0 Å². The number of ether oxygens (including phenoxy) is 2. The van der Waals surface area contributed by atoms with Gasteiger partial charge in [0.2, 0.25) is 0 Å². The number of nitrogens with zero attached hydrogens (tertiary/aromatic N) is 1. The van der Waals surface area contributed by atoms with E-state index in [1.807, 2.05) is 0 Å². The first-order chi connectivity index (χ1) is 18.5. The van der Waals surface area contributed by atoms with Crippen molar-refractivity contribution in [3.8, 4) is 5.75 Å². The van der Waals surface area contributed by atoms with Gasteiger partial charge in [-0.25, -0.2) is 18.4 Å². The van der Waals surface area contributed by atoms with Crippen LogP contribution in [0, 0.1) is 11.6 Å². The number of hydrogen-bond acceptors (Lipinski definition) is 4. The highest BCUT2D eigenvalue weighted by molar-refractivity contribution is 5.74. The van der Waals surface area contributed by atoms with Gasteiger partial charge in [0, 0.05) is 44.2 Å². The van der Waals surface area contributed by atoms with Gasteiger partial charge in [-0.2, -0.15) is 13.2 Å². The number of unbranched alkanes of at least 4 members (excludes halogenated alkanes) is 2. The number of alkyl halides is 3. The second-order valence-corrected chi connectivity index (χ2v) is 8.79. The first-order valence-corrected chi connectivity index (χ1v) is 12.6. The molecule has 2 aromatic rings. The minimum Gasteiger partial charge on any atom is -0.492 e. The molecule has 39 heavy (non-hydrogen) atoms. The van der Waals surface area contributed by atoms with Crippen LogP contribution >= 0.6 is 0 Å². The third-order valence-corrected chi connectivity index (χ3v) is 5.74. The fourth-order valence-electron chi connectivity index (χ4n) is 3.70. The normalized spacial score (nSPS) is 12.2. The van der Waals surface area contributed by atoms with Gasteiger partial charge in [-0.3, -0.25) is 0 Å². The average Bonchev–Trinajstić information content (AvgIpc) is 2.86. The van der Waals surface area contributed by atoms with Gasteiger partial charge in [0.1, 0.15) is 24.0 Å². The van der Waals surface area contributed by atoms with E-state index in [0.717, 1.165) is 11.6 Å². The number of nitrogens with one attached hydrogen (secondary N) is 1. The summed E-state index contributed by atoms with van der Waals surface area (Å²) in [5.74, 6) is -2.14. The van der Waals surface area contributed by atoms with Crippen molar-refractivity contribution in [1.29, 1.82) is 0 Å². The lowest BCUT2D eigenvalue weighted by molar-refractivity contribution is -0.150. The molecule has 2 rings (SSSR count). The van der Waals surface area contributed by atoms with Crippen molar-refractivity contribution in [1.82, 2.24) is 10.2 Å². The molecule has 0 saturated heterocycles. The summed E-state index contributed by atoms with van der Waals surface area (Å²) in [6.07, 6.45) is -5.40. The van der Waals surface area contributed by atoms with Gasteiger partial charge in [-0.05, 0) is 43.5 Å². The molecule has 0 radical (unpaired) electrons. The number of carbonyl (C=O) groups excluding carboxylic acids is 1. The minimum absolute atomic E-state index is 0.0609. The van der Waals surface area contributed by atoms with Gasteiger partial charge < -0.3 is 24.8 Å². The van der Waals surface area contributed by atoms with Crippen LogP contribution in [-0.2, 0) is 22.5 Å². The SMILES string of the molecule is CCOC(Cc1ccc(OCCN(CCCCCC(F)(F)F)C(=O)NCc2ccc(F)cc2F)cc1)C(=O)O. The zero-order chi connectivity index (χ0) is 28.8. The maximum atomic E-state index is 13.9. The van der Waals surface area contributed by atoms with Crippen LogP contribution in [0.4, 0.5) is 26.7 Å². The fraction of sp³-hybridized carbons (Fsp3) is 0.481. The first kappa shape index (κ1) is 31.8. The van der Waals surface area contributed by atoms with Gasteiger partial charge in [0.05, 0.1) is 6.54 Å². The molecule has 0 aliphatic heterocycles. The number of benzene rings is 2. The van der Waals surface area contributed by atoms with E-state index in [-0.39, 0.29) is 57.7 Å². The monoisotopic (exact) mass is 560 g/mol. The molecule has 7 nitrogen and oxygen atoms in total. The molecular formula is C27H33F5N2O5. The van der Waals surface area contributed by atoms with E-state index in [0.29, 0.717) is 18.2 Å². The minimum atomic E-state index is -4.24. The summed E-state index contributed by atoms with van der Waals surface area (Å²) in [7, 11) is 0. The molecule has 2 aromatic carbocycles. The van der Waals surface area contributed by atoms with Crippen molar-refractivity contribution in [2.45, 2.75) is 57.9 Å². The van der Waals surface area contributed by atoms with Crippen LogP contribution in [0.3, 0.4) is 0 Å². The lowest BCUT2D eigenvalue weighted by atomic mass is 10.1. The predicted octanol–water partition coefficient (Wildman–Crippen LogP) is 5.71. The van der Waals surface area contributed by atoms with Crippen molar-refractivity contribution >= 4 is 12.0 Å². The summed E-state index contributed by atoms with van der Waals surface area (Å²) in [5.41, 5.74) is 0.816. The third-order valence-electron chi connectivity index (χ3n) is 5.74. The quantitative estimate of drug-likeness (QED) is 0.203. The molecule has 0 aliphatic carbocycles. The van der Waals surface area contributed by atoms with Crippen molar-refractivity contribution in [2.75, 3.05) is 26.3 Å². The third kappa shape index (κ3) is 12.3. The van der Waals surface area contributed by atoms with Gasteiger partial charge in [-0.15, -0.1) is 0 Å². The Kier molecular flexibility index (Phi) is 12.9. The molecule has 0 bridgehead atoms. The molecule has 0 aromatic heterocycles. The highest BCUT2D eigenvalue weighted by atomic mass is 19.4. The van der Waals surface area contributed by atoms with E-state index in [1.165, 1.54) is 11.0 Å². The smallest absolute Gasteiger partial charge is 0.389 e. The largest absolute Gasteiger partial charge is 0.492 e. The van der Waals surface area contributed by atoms with Crippen molar-refractivity contribution in [3.63, 3.8) is 0 Å². The molecule has 1 unspecified atom stereocenters. The molecule has 2 amide bonds. The lowest BCUT2D eigenvalue weighted by Gasteiger charge is -2.23. The van der Waals surface area contributed by atoms with Crippen molar-refractivity contribution in [2.24, 2.45) is 0 Å². The van der Waals surface area contributed by atoms with Crippen LogP contribution in [-0.4, -0.2) is 60.6 Å². The molecule has 12 heteroatoms. The topological polar surface area (TPSA) is 88.1 Å². The molecule has 0 spiro atoms. The highest BCUT2D eigenvalue weighted by Crippen LogP contribution is 2.22. The summed E-state index contributed by atoms with van der Waals surface area (Å²) >= 11 is 0. The van der Waals surface area contributed by atoms with Crippen LogP contribution < -0.4 is 10.1 Å². The molecule has 2 N–H and O–H groups in total. The van der Waals surface area contributed by atoms with E-state index in [9.17, 15) is 36.6 Å². The lowest BCUT2D eigenvalue weighted by Crippen LogP contribution is -2.42. The summed E-state index contributed by atoms with van der Waals surface area (Å²) in [6.45, 7) is 2.10. The summed E-state index contributed by atoms with van der Waals surface area (Å²) in [6, 6.07) is 9.13. The number of amides is 2. The fourth-order valence-corrected chi connectivity index (χ4v) is 3.70. The van der Waals surface area contributed by atoms with E-state index in [2.05, 4.69) is 5.32 Å². The number of rotatable bonds is 16. The summed E-state index contributed by atoms with van der Waals surface area (Å²) in [4.78, 5) is 25.4. The van der Waals surface area contributed by atoms with Gasteiger partial charge >= 0.3 is 18.2 Å². The Labute approximate surface area is 223 Å². The molecule has 0 fully saturated rings. The Morgan fingerprint density at radius 2 is 1.74 bits per heavy atom. The Balaban J connectivity index is 1.91. The average molecular weight is 561 g/mol. The summed E-state index contributed by atoms with van der Waals surface area (Å²) < 4.78 is 75.1. The number of carboxylic acids is 1. The van der Waals surface area contributed by atoms with Crippen LogP contribution in [0.1, 0.15) is 43.7 Å². The maximum Gasteiger partial charge on any atom is 0.389 e. The standard InChI is InChI=1S/C27H33F5N2O5/c1-2-38-24(25(35)36)16-19-6-10-22(11-7-19)39-15-14-34(13-5-3-4-12-27(30,31)32)26(37)33-18-20-8-9-21(28)17-23(20)29/h6-11,17,24H,2-5,12-16,18H2,1H3,(H,33,37)(H,35,36). The van der Waals surface area contributed by atoms with Gasteiger partial charge in [0.25, 0.3) is 0 Å². The number of hydrogen-bond donors (Lipinski definition) is 2. The Morgan fingerprint density at radius 3 is 2.36 bits per heavy atom. The molecular weight excluding hydrogens is 527 g/mol. The predicted molar refractivity (Wildman–Crippen MR) is 133 cm³/mol. The molecule has 0 heterocycles. The van der Waals surface area contributed by atoms with Crippen LogP contribution in [0.25, 0.3) is 0 Å². The van der Waals surface area contributed by atoms with Crippen molar-refractivity contribution in [3.05, 3.63) is 65.2 Å². The zero-order valence-corrected chi connectivity index (χ0v) is 21.6.